The van der Waals surface area contributed by atoms with Gasteiger partial charge < -0.3 is 37.2 Å². The molecule has 1 saturated heterocycles. The topological polar surface area (TPSA) is 18.5 Å². The zero-order valence-electron chi connectivity index (χ0n) is 12.8. The second kappa shape index (κ2) is 12.6. The summed E-state index contributed by atoms with van der Waals surface area (Å²) in [5, 5.41) is 3.12. The number of rotatable bonds is 0. The summed E-state index contributed by atoms with van der Waals surface area (Å²) in [4.78, 5) is 3.65. The first-order valence-electron chi connectivity index (χ1n) is 6.69. The van der Waals surface area contributed by atoms with Gasteiger partial charge in [0.1, 0.15) is 0 Å². The summed E-state index contributed by atoms with van der Waals surface area (Å²) in [6.45, 7) is 3.50. The maximum absolute atomic E-state index is 13.3. The zero-order chi connectivity index (χ0) is 14.5. The smallest absolute Gasteiger partial charge is 1.00 e. The molecule has 0 saturated carbocycles. The number of halogens is 6. The van der Waals surface area contributed by atoms with Crippen LogP contribution < -0.4 is 42.5 Å². The van der Waals surface area contributed by atoms with Gasteiger partial charge in [0.15, 0.2) is 0 Å². The van der Waals surface area contributed by atoms with Crippen LogP contribution in [0.3, 0.4) is 0 Å². The Bertz CT molecular complexity index is 288. The van der Waals surface area contributed by atoms with E-state index in [1.54, 1.807) is 7.05 Å². The van der Waals surface area contributed by atoms with Crippen LogP contribution >= 0.6 is 0 Å². The summed E-state index contributed by atoms with van der Waals surface area (Å²) < 4.78 is 38.2. The fourth-order valence-corrected chi connectivity index (χ4v) is 2.67. The van der Waals surface area contributed by atoms with Crippen LogP contribution in [0.5, 0.6) is 0 Å². The standard InChI is InChI=1S/C12H23F3N3.3ClH.Ti/c1-17-8-3-6-16-7-5-11(12(13,14)15)18(2)10-4-9-17;;;;/h16H,3-10H2,1-2H3;3*1H;/q;;;;+3/p-3. The number of alkyl halides is 3. The molecule has 1 rings (SSSR count). The average Bonchev–Trinajstić information content (AvgIpc) is 2.30. The predicted octanol–water partition coefficient (Wildman–Crippen LogP) is -7.56. The van der Waals surface area contributed by atoms with Crippen LogP contribution in [0.1, 0.15) is 19.3 Å². The summed E-state index contributed by atoms with van der Waals surface area (Å²) >= 11 is 1.31. The van der Waals surface area contributed by atoms with Crippen LogP contribution in [0.2, 0.25) is 0 Å². The van der Waals surface area contributed by atoms with Gasteiger partial charge in [-0.3, -0.25) is 0 Å². The van der Waals surface area contributed by atoms with Crippen molar-refractivity contribution >= 4 is 0 Å². The van der Waals surface area contributed by atoms with E-state index in [-0.39, 0.29) is 43.6 Å². The average molecular weight is 421 g/mol. The van der Waals surface area contributed by atoms with Gasteiger partial charge in [-0.25, -0.2) is 0 Å². The normalized spacial score (nSPS) is 26.5. The number of nitrogens with one attached hydrogen (secondary N) is 1. The molecule has 1 unspecified atom stereocenters. The fraction of sp³-hybridized carbons (Fsp3) is 1.00. The van der Waals surface area contributed by atoms with Crippen molar-refractivity contribution in [3.63, 3.8) is 0 Å². The van der Waals surface area contributed by atoms with Gasteiger partial charge in [-0.05, 0) is 0 Å². The molecular weight excluding hydrogens is 397 g/mol. The summed E-state index contributed by atoms with van der Waals surface area (Å²) in [7, 11) is 3.61. The molecule has 0 aromatic carbocycles. The van der Waals surface area contributed by atoms with Crippen LogP contribution in [0.25, 0.3) is 0 Å². The molecule has 1 fully saturated rings. The van der Waals surface area contributed by atoms with Gasteiger partial charge in [-0.2, -0.15) is 0 Å². The Morgan fingerprint density at radius 2 is 1.50 bits per heavy atom. The van der Waals surface area contributed by atoms with Gasteiger partial charge in [0, 0.05) is 0 Å². The maximum Gasteiger partial charge on any atom is -1.00 e. The van der Waals surface area contributed by atoms with Crippen molar-refractivity contribution in [1.82, 2.24) is 15.1 Å². The Kier molecular flexibility index (Phi) is 16.1. The molecule has 0 amide bonds. The van der Waals surface area contributed by atoms with E-state index < -0.39 is 10.0 Å². The molecule has 0 aromatic heterocycles. The molecule has 1 aliphatic heterocycles. The van der Waals surface area contributed by atoms with Gasteiger partial charge in [-0.1, -0.05) is 0 Å². The Balaban J connectivity index is -0.00000120. The van der Waals surface area contributed by atoms with E-state index in [0.29, 0.717) is 13.1 Å². The third-order valence-electron chi connectivity index (χ3n) is 3.71. The molecule has 1 N–H and O–H groups in total. The molecule has 1 aliphatic rings. The minimum absolute atomic E-state index is 0. The first-order chi connectivity index (χ1) is 8.77. The van der Waals surface area contributed by atoms with E-state index >= 15 is 0 Å². The van der Waals surface area contributed by atoms with Crippen molar-refractivity contribution < 1.29 is 70.8 Å². The van der Waals surface area contributed by atoms with E-state index in [4.69, 9.17) is 0 Å². The largest absolute Gasteiger partial charge is 1.00 e. The second-order valence-electron chi connectivity index (χ2n) is 5.29. The monoisotopic (exact) mass is 419 g/mol. The third kappa shape index (κ3) is 8.38. The van der Waals surface area contributed by atoms with E-state index in [1.807, 2.05) is 7.05 Å². The SMILES string of the molecule is CN1CCCNCC[C]([Ti+3])(C(F)(F)F)N(C)CCC1.[Cl-].[Cl-].[Cl-]. The van der Waals surface area contributed by atoms with Crippen molar-refractivity contribution in [2.24, 2.45) is 0 Å². The summed E-state index contributed by atoms with van der Waals surface area (Å²) in [5.74, 6) is 0. The Labute approximate surface area is 161 Å². The summed E-state index contributed by atoms with van der Waals surface area (Å²) in [6, 6.07) is 0. The van der Waals surface area contributed by atoms with E-state index in [9.17, 15) is 13.2 Å². The van der Waals surface area contributed by atoms with Crippen molar-refractivity contribution in [3.8, 4) is 0 Å². The minimum atomic E-state index is -4.19. The number of hydrogen-bond acceptors (Lipinski definition) is 3. The number of hydrogen-bond donors (Lipinski definition) is 1. The van der Waals surface area contributed by atoms with Crippen LogP contribution in [0.4, 0.5) is 13.2 Å². The Hall–Kier alpha value is 1.25. The molecule has 132 valence electrons. The van der Waals surface area contributed by atoms with Crippen LogP contribution in [0, 0.1) is 0 Å². The minimum Gasteiger partial charge on any atom is -1.00 e. The zero-order valence-corrected chi connectivity index (χ0v) is 16.6. The number of nitrogens with zero attached hydrogens (tertiary/aromatic N) is 2. The summed E-state index contributed by atoms with van der Waals surface area (Å²) in [5.41, 5.74) is 0. The Morgan fingerprint density at radius 1 is 0.955 bits per heavy atom. The quantitative estimate of drug-likeness (QED) is 0.393. The van der Waals surface area contributed by atoms with Gasteiger partial charge in [-0.15, -0.1) is 0 Å². The summed E-state index contributed by atoms with van der Waals surface area (Å²) in [6.07, 6.45) is -2.34. The Morgan fingerprint density at radius 3 is 2.05 bits per heavy atom. The third-order valence-corrected chi connectivity index (χ3v) is 5.14. The molecule has 0 bridgehead atoms. The molecule has 0 aliphatic carbocycles. The van der Waals surface area contributed by atoms with E-state index in [2.05, 4.69) is 10.2 Å². The fourth-order valence-electron chi connectivity index (χ4n) is 2.30. The van der Waals surface area contributed by atoms with Crippen molar-refractivity contribution in [3.05, 3.63) is 0 Å². The van der Waals surface area contributed by atoms with Crippen LogP contribution in [-0.4, -0.2) is 66.6 Å². The van der Waals surface area contributed by atoms with Crippen LogP contribution in [0.15, 0.2) is 0 Å². The molecule has 0 radical (unpaired) electrons. The predicted molar refractivity (Wildman–Crippen MR) is 65.6 cm³/mol. The van der Waals surface area contributed by atoms with Crippen molar-refractivity contribution in [1.29, 1.82) is 0 Å². The molecule has 0 spiro atoms. The second-order valence-corrected chi connectivity index (χ2v) is 6.58. The molecule has 0 aromatic rings. The molecule has 1 atom stereocenters. The molecule has 3 nitrogen and oxygen atoms in total. The molecule has 1 heterocycles. The van der Waals surface area contributed by atoms with Crippen LogP contribution in [-0.2, 0) is 20.4 Å². The first kappa shape index (κ1) is 28.1. The molecule has 22 heavy (non-hydrogen) atoms. The van der Waals surface area contributed by atoms with Gasteiger partial charge in [0.25, 0.3) is 0 Å². The van der Waals surface area contributed by atoms with Crippen molar-refractivity contribution in [2.75, 3.05) is 46.8 Å². The van der Waals surface area contributed by atoms with Crippen molar-refractivity contribution in [2.45, 2.75) is 29.3 Å². The maximum atomic E-state index is 13.3. The van der Waals surface area contributed by atoms with Gasteiger partial charge >= 0.3 is 125 Å². The van der Waals surface area contributed by atoms with Gasteiger partial charge in [0.05, 0.1) is 0 Å². The molecular formula is C12H23Cl3F3N3Ti. The van der Waals surface area contributed by atoms with E-state index in [0.717, 1.165) is 32.5 Å². The van der Waals surface area contributed by atoms with E-state index in [1.165, 1.54) is 25.3 Å². The molecule has 10 heteroatoms. The van der Waals surface area contributed by atoms with Gasteiger partial charge in [0.2, 0.25) is 0 Å². The first-order valence-corrected chi connectivity index (χ1v) is 7.48.